The summed E-state index contributed by atoms with van der Waals surface area (Å²) in [6, 6.07) is 12.4. The zero-order valence-electron chi connectivity index (χ0n) is 21.2. The van der Waals surface area contributed by atoms with E-state index in [9.17, 15) is 23.9 Å². The largest absolute Gasteiger partial charge is 0.434 e. The highest BCUT2D eigenvalue weighted by atomic mass is 19.3. The molecule has 1 amide bonds. The van der Waals surface area contributed by atoms with Gasteiger partial charge in [-0.05, 0) is 49.2 Å². The van der Waals surface area contributed by atoms with E-state index < -0.39 is 35.5 Å². The number of hydrogen-bond donors (Lipinski definition) is 2. The Balaban J connectivity index is 1.31. The fourth-order valence-corrected chi connectivity index (χ4v) is 6.61. The fourth-order valence-electron chi connectivity index (χ4n) is 6.61. The Morgan fingerprint density at radius 1 is 1.23 bits per heavy atom. The van der Waals surface area contributed by atoms with Crippen LogP contribution in [-0.2, 0) is 5.60 Å². The fraction of sp³-hybridized carbons (Fsp3) is 0.310. The van der Waals surface area contributed by atoms with Crippen LogP contribution in [0.2, 0.25) is 0 Å². The number of fused-ring (bicyclic) bond motifs is 9. The number of alkyl halides is 2. The summed E-state index contributed by atoms with van der Waals surface area (Å²) in [7, 11) is 0. The van der Waals surface area contributed by atoms with Crippen LogP contribution < -0.4 is 10.1 Å². The molecule has 2 N–H and O–H groups in total. The Bertz CT molecular complexity index is 1770. The third-order valence-electron chi connectivity index (χ3n) is 8.21. The minimum atomic E-state index is -3.06. The lowest BCUT2D eigenvalue weighted by Gasteiger charge is -2.46. The Labute approximate surface area is 226 Å². The van der Waals surface area contributed by atoms with Crippen LogP contribution in [0.15, 0.2) is 48.7 Å². The number of hydrogen-bond acceptors (Lipinski definition) is 6. The topological polar surface area (TPSA) is 113 Å². The molecular formula is C29H22F3N5O3. The summed E-state index contributed by atoms with van der Waals surface area (Å²) < 4.78 is 48.5. The van der Waals surface area contributed by atoms with Gasteiger partial charge in [-0.3, -0.25) is 9.78 Å². The first-order chi connectivity index (χ1) is 19.1. The highest BCUT2D eigenvalue weighted by molar-refractivity contribution is 5.98. The molecule has 202 valence electrons. The van der Waals surface area contributed by atoms with Crippen molar-refractivity contribution >= 4 is 16.9 Å². The number of nitriles is 1. The molecule has 1 fully saturated rings. The van der Waals surface area contributed by atoms with E-state index in [0.29, 0.717) is 40.0 Å². The van der Waals surface area contributed by atoms with E-state index in [-0.39, 0.29) is 35.8 Å². The maximum atomic E-state index is 15.2. The number of imidazole rings is 1. The Morgan fingerprint density at radius 2 is 2.02 bits per heavy atom. The smallest absolute Gasteiger partial charge is 0.387 e. The second-order valence-corrected chi connectivity index (χ2v) is 11.0. The van der Waals surface area contributed by atoms with Crippen molar-refractivity contribution in [2.75, 3.05) is 0 Å². The summed E-state index contributed by atoms with van der Waals surface area (Å²) in [5, 5.41) is 23.1. The zero-order chi connectivity index (χ0) is 28.0. The number of benzene rings is 2. The molecule has 4 heterocycles. The molecule has 0 saturated heterocycles. The third kappa shape index (κ3) is 3.52. The van der Waals surface area contributed by atoms with Gasteiger partial charge in [0.2, 0.25) is 0 Å². The summed E-state index contributed by atoms with van der Waals surface area (Å²) in [5.74, 6) is -0.528. The van der Waals surface area contributed by atoms with E-state index in [2.05, 4.69) is 16.4 Å². The van der Waals surface area contributed by atoms with Crippen molar-refractivity contribution in [1.29, 1.82) is 5.26 Å². The molecule has 4 aromatic rings. The van der Waals surface area contributed by atoms with Crippen molar-refractivity contribution in [3.05, 3.63) is 77.1 Å². The molecular weight excluding hydrogens is 523 g/mol. The minimum Gasteiger partial charge on any atom is -0.434 e. The van der Waals surface area contributed by atoms with Crippen LogP contribution in [0.5, 0.6) is 5.75 Å². The van der Waals surface area contributed by atoms with Crippen LogP contribution in [0.4, 0.5) is 13.2 Å². The SMILES string of the molecule is CC1(C#N)CC(O)(c2ncc(-c3ccc4nc5n(c4c3)[C@H]3CC5NC(=O)c4cccc(OC(F)F)c43)cc2F)C1. The van der Waals surface area contributed by atoms with Gasteiger partial charge in [0.05, 0.1) is 34.6 Å². The molecule has 0 spiro atoms. The normalized spacial score (nSPS) is 26.5. The van der Waals surface area contributed by atoms with Crippen LogP contribution in [0.25, 0.3) is 22.2 Å². The maximum Gasteiger partial charge on any atom is 0.387 e. The highest BCUT2D eigenvalue weighted by Gasteiger charge is 2.54. The van der Waals surface area contributed by atoms with Gasteiger partial charge in [0, 0.05) is 35.7 Å². The quantitative estimate of drug-likeness (QED) is 0.368. The number of nitrogens with zero attached hydrogens (tertiary/aromatic N) is 4. The summed E-state index contributed by atoms with van der Waals surface area (Å²) in [6.45, 7) is -1.34. The molecule has 1 saturated carbocycles. The van der Waals surface area contributed by atoms with Crippen molar-refractivity contribution in [3.63, 3.8) is 0 Å². The first-order valence-electron chi connectivity index (χ1n) is 12.8. The number of amides is 1. The van der Waals surface area contributed by atoms with Gasteiger partial charge in [0.25, 0.3) is 5.91 Å². The number of carbonyl (C=O) groups is 1. The van der Waals surface area contributed by atoms with Gasteiger partial charge < -0.3 is 19.7 Å². The first-order valence-corrected chi connectivity index (χ1v) is 12.8. The van der Waals surface area contributed by atoms with Crippen LogP contribution in [0.1, 0.15) is 65.7 Å². The lowest BCUT2D eigenvalue weighted by Crippen LogP contribution is -2.48. The van der Waals surface area contributed by atoms with E-state index in [1.807, 2.05) is 10.6 Å². The maximum absolute atomic E-state index is 15.2. The van der Waals surface area contributed by atoms with Gasteiger partial charge in [0.15, 0.2) is 0 Å². The first kappa shape index (κ1) is 24.6. The predicted octanol–water partition coefficient (Wildman–Crippen LogP) is 5.13. The van der Waals surface area contributed by atoms with Crippen molar-refractivity contribution in [2.45, 2.75) is 50.5 Å². The van der Waals surface area contributed by atoms with E-state index in [1.165, 1.54) is 24.4 Å². The average Bonchev–Trinajstić information content (AvgIpc) is 3.39. The van der Waals surface area contributed by atoms with Crippen molar-refractivity contribution in [2.24, 2.45) is 5.41 Å². The number of nitrogens with one attached hydrogen (secondary N) is 1. The lowest BCUT2D eigenvalue weighted by atomic mass is 9.59. The molecule has 1 unspecified atom stereocenters. The lowest BCUT2D eigenvalue weighted by molar-refractivity contribution is -0.108. The number of carbonyl (C=O) groups excluding carboxylic acids is 1. The Kier molecular flexibility index (Phi) is 5.10. The molecule has 2 aromatic heterocycles. The molecule has 8 nitrogen and oxygen atoms in total. The summed E-state index contributed by atoms with van der Waals surface area (Å²) in [4.78, 5) is 21.9. The molecule has 1 aliphatic carbocycles. The van der Waals surface area contributed by atoms with Crippen LogP contribution in [0.3, 0.4) is 0 Å². The van der Waals surface area contributed by atoms with Gasteiger partial charge in [0.1, 0.15) is 28.7 Å². The number of ether oxygens (including phenoxy) is 1. The molecule has 2 aliphatic heterocycles. The number of aliphatic hydroxyl groups is 1. The Morgan fingerprint density at radius 3 is 2.75 bits per heavy atom. The molecule has 2 atom stereocenters. The minimum absolute atomic E-state index is 0.0672. The number of rotatable bonds is 4. The number of aromatic nitrogens is 3. The molecule has 7 rings (SSSR count). The number of halogens is 3. The van der Waals surface area contributed by atoms with Gasteiger partial charge in [-0.1, -0.05) is 12.1 Å². The van der Waals surface area contributed by atoms with Crippen molar-refractivity contribution in [1.82, 2.24) is 19.9 Å². The number of pyridine rings is 1. The van der Waals surface area contributed by atoms with E-state index in [4.69, 9.17) is 9.72 Å². The van der Waals surface area contributed by atoms with E-state index in [1.54, 1.807) is 25.1 Å². The third-order valence-corrected chi connectivity index (χ3v) is 8.21. The van der Waals surface area contributed by atoms with Crippen LogP contribution in [-0.4, -0.2) is 32.2 Å². The van der Waals surface area contributed by atoms with Gasteiger partial charge >= 0.3 is 6.61 Å². The molecule has 2 aromatic carbocycles. The second-order valence-electron chi connectivity index (χ2n) is 11.0. The standard InChI is InChI=1S/C29H22F3N5O3/c1-28(13-33)11-29(39,12-28)24-17(30)7-15(10-34-24)14-5-6-18-20(8-14)37-21-9-19(25(37)35-18)36-26(38)16-3-2-4-22(23(16)21)40-27(31)32/h2-8,10,19,21,27,39H,9,11-12H2,1H3,(H,36,38)/t19?,21-,28?,29?/m0/s1. The average molecular weight is 546 g/mol. The monoisotopic (exact) mass is 545 g/mol. The Hall–Kier alpha value is -4.43. The summed E-state index contributed by atoms with van der Waals surface area (Å²) >= 11 is 0. The van der Waals surface area contributed by atoms with Crippen molar-refractivity contribution in [3.8, 4) is 22.9 Å². The zero-order valence-corrected chi connectivity index (χ0v) is 21.2. The molecule has 3 aliphatic rings. The molecule has 40 heavy (non-hydrogen) atoms. The second kappa shape index (κ2) is 8.29. The van der Waals surface area contributed by atoms with Gasteiger partial charge in [-0.25, -0.2) is 9.37 Å². The summed E-state index contributed by atoms with van der Waals surface area (Å²) in [6.07, 6.45) is 2.10. The van der Waals surface area contributed by atoms with E-state index in [0.717, 1.165) is 0 Å². The predicted molar refractivity (Wildman–Crippen MR) is 136 cm³/mol. The van der Waals surface area contributed by atoms with Crippen LogP contribution in [0, 0.1) is 22.6 Å². The van der Waals surface area contributed by atoms with Gasteiger partial charge in [-0.15, -0.1) is 0 Å². The molecule has 11 heteroatoms. The van der Waals surface area contributed by atoms with Crippen LogP contribution >= 0.6 is 0 Å². The van der Waals surface area contributed by atoms with E-state index >= 15 is 4.39 Å². The summed E-state index contributed by atoms with van der Waals surface area (Å²) in [5.41, 5.74) is 0.746. The van der Waals surface area contributed by atoms with Gasteiger partial charge in [-0.2, -0.15) is 14.0 Å². The highest BCUT2D eigenvalue weighted by Crippen LogP contribution is 2.53. The van der Waals surface area contributed by atoms with Crippen molar-refractivity contribution < 1.29 is 27.8 Å². The molecule has 0 radical (unpaired) electrons. The molecule has 2 bridgehead atoms.